The Labute approximate surface area is 95.0 Å². The first-order chi connectivity index (χ1) is 7.20. The Morgan fingerprint density at radius 3 is 3.07 bits per heavy atom. The minimum Gasteiger partial charge on any atom is -0.475 e. The molecule has 1 unspecified atom stereocenters. The van der Waals surface area contributed by atoms with Crippen molar-refractivity contribution in [2.75, 3.05) is 13.1 Å². The van der Waals surface area contributed by atoms with Crippen LogP contribution in [0.4, 0.5) is 0 Å². The molecule has 1 aliphatic heterocycles. The summed E-state index contributed by atoms with van der Waals surface area (Å²) in [6.45, 7) is 1.77. The Morgan fingerprint density at radius 1 is 1.67 bits per heavy atom. The largest absolute Gasteiger partial charge is 0.475 e. The van der Waals surface area contributed by atoms with Crippen LogP contribution in [0.15, 0.2) is 9.13 Å². The predicted molar refractivity (Wildman–Crippen MR) is 56.0 cm³/mol. The van der Waals surface area contributed by atoms with Crippen molar-refractivity contribution < 1.29 is 14.4 Å². The van der Waals surface area contributed by atoms with Gasteiger partial charge in [-0.25, -0.2) is 4.79 Å². The molecule has 1 saturated heterocycles. The molecule has 2 N–H and O–H groups in total. The molecule has 2 heterocycles. The number of halogens is 1. The number of carboxylic acid groups (broad SMARTS) is 1. The van der Waals surface area contributed by atoms with Crippen molar-refractivity contribution in [3.63, 3.8) is 0 Å². The second-order valence-corrected chi connectivity index (χ2v) is 4.32. The summed E-state index contributed by atoms with van der Waals surface area (Å²) in [5.41, 5.74) is 0.676. The number of nitrogens with zero attached hydrogens (tertiary/aromatic N) is 1. The molecule has 1 atom stereocenters. The monoisotopic (exact) mass is 274 g/mol. The van der Waals surface area contributed by atoms with Crippen LogP contribution >= 0.6 is 15.9 Å². The average molecular weight is 275 g/mol. The van der Waals surface area contributed by atoms with Gasteiger partial charge in [0.05, 0.1) is 0 Å². The number of hydrogen-bond acceptors (Lipinski definition) is 4. The van der Waals surface area contributed by atoms with Gasteiger partial charge in [0.1, 0.15) is 0 Å². The van der Waals surface area contributed by atoms with Crippen molar-refractivity contribution in [1.29, 1.82) is 0 Å². The Morgan fingerprint density at radius 2 is 2.47 bits per heavy atom. The highest BCUT2D eigenvalue weighted by Crippen LogP contribution is 2.32. The molecule has 0 bridgehead atoms. The van der Waals surface area contributed by atoms with E-state index in [2.05, 4.69) is 26.4 Å². The second kappa shape index (κ2) is 4.32. The Kier molecular flexibility index (Phi) is 3.06. The van der Waals surface area contributed by atoms with E-state index in [4.69, 9.17) is 9.63 Å². The van der Waals surface area contributed by atoms with E-state index in [1.54, 1.807) is 0 Å². The third-order valence-electron chi connectivity index (χ3n) is 2.58. The number of piperidine rings is 1. The maximum absolute atomic E-state index is 10.9. The molecule has 1 aromatic heterocycles. The summed E-state index contributed by atoms with van der Waals surface area (Å²) in [6, 6.07) is 0. The van der Waals surface area contributed by atoms with Crippen LogP contribution in [0, 0.1) is 0 Å². The van der Waals surface area contributed by atoms with Crippen molar-refractivity contribution in [2.24, 2.45) is 0 Å². The number of carbonyl (C=O) groups is 1. The van der Waals surface area contributed by atoms with E-state index in [9.17, 15) is 4.79 Å². The minimum absolute atomic E-state index is 0.0458. The van der Waals surface area contributed by atoms with Crippen LogP contribution in [0.1, 0.15) is 34.9 Å². The smallest absolute Gasteiger partial charge is 0.375 e. The summed E-state index contributed by atoms with van der Waals surface area (Å²) in [7, 11) is 0. The quantitative estimate of drug-likeness (QED) is 0.857. The van der Waals surface area contributed by atoms with Crippen molar-refractivity contribution in [1.82, 2.24) is 10.5 Å². The standard InChI is InChI=1S/C9H11BrN2O3/c10-8-6(5-2-1-3-11-4-5)7(9(13)14)15-12-8/h5,11H,1-4H2,(H,13,14). The van der Waals surface area contributed by atoms with E-state index in [1.165, 1.54) is 0 Å². The highest BCUT2D eigenvalue weighted by Gasteiger charge is 2.28. The first-order valence-corrected chi connectivity index (χ1v) is 5.58. The molecule has 0 aliphatic carbocycles. The van der Waals surface area contributed by atoms with Crippen molar-refractivity contribution in [2.45, 2.75) is 18.8 Å². The number of nitrogens with one attached hydrogen (secondary N) is 1. The van der Waals surface area contributed by atoms with E-state index in [0.29, 0.717) is 10.2 Å². The van der Waals surface area contributed by atoms with Crippen molar-refractivity contribution in [3.05, 3.63) is 15.9 Å². The summed E-state index contributed by atoms with van der Waals surface area (Å²) in [4.78, 5) is 10.9. The maximum atomic E-state index is 10.9. The van der Waals surface area contributed by atoms with Gasteiger partial charge in [-0.05, 0) is 35.3 Å². The summed E-state index contributed by atoms with van der Waals surface area (Å²) >= 11 is 3.22. The van der Waals surface area contributed by atoms with Crippen LogP contribution in [0.3, 0.4) is 0 Å². The lowest BCUT2D eigenvalue weighted by Crippen LogP contribution is -2.29. The fourth-order valence-electron chi connectivity index (χ4n) is 1.88. The molecule has 1 fully saturated rings. The van der Waals surface area contributed by atoms with E-state index >= 15 is 0 Å². The first-order valence-electron chi connectivity index (χ1n) is 4.79. The van der Waals surface area contributed by atoms with E-state index < -0.39 is 5.97 Å². The van der Waals surface area contributed by atoms with Crippen LogP contribution in [0.5, 0.6) is 0 Å². The summed E-state index contributed by atoms with van der Waals surface area (Å²) in [5.74, 6) is -0.935. The van der Waals surface area contributed by atoms with Gasteiger partial charge in [0, 0.05) is 18.0 Å². The lowest BCUT2D eigenvalue weighted by atomic mass is 9.92. The van der Waals surface area contributed by atoms with Gasteiger partial charge in [0.2, 0.25) is 5.76 Å². The fourth-order valence-corrected chi connectivity index (χ4v) is 2.46. The SMILES string of the molecule is O=C(O)c1onc(Br)c1C1CCCNC1. The summed E-state index contributed by atoms with van der Waals surface area (Å²) < 4.78 is 5.29. The second-order valence-electron chi connectivity index (χ2n) is 3.56. The highest BCUT2D eigenvalue weighted by atomic mass is 79.9. The van der Waals surface area contributed by atoms with Crippen molar-refractivity contribution >= 4 is 21.9 Å². The number of aromatic nitrogens is 1. The van der Waals surface area contributed by atoms with E-state index in [1.807, 2.05) is 0 Å². The third-order valence-corrected chi connectivity index (χ3v) is 3.16. The van der Waals surface area contributed by atoms with Crippen LogP contribution in [0.2, 0.25) is 0 Å². The minimum atomic E-state index is -1.06. The van der Waals surface area contributed by atoms with Crippen molar-refractivity contribution in [3.8, 4) is 0 Å². The van der Waals surface area contributed by atoms with Gasteiger partial charge < -0.3 is 14.9 Å². The molecule has 5 nitrogen and oxygen atoms in total. The van der Waals surface area contributed by atoms with Gasteiger partial charge in [-0.2, -0.15) is 0 Å². The number of aromatic carboxylic acids is 1. The Balaban J connectivity index is 2.32. The molecular formula is C9H11BrN2O3. The van der Waals surface area contributed by atoms with E-state index in [0.717, 1.165) is 25.9 Å². The summed E-state index contributed by atoms with van der Waals surface area (Å²) in [5, 5.41) is 15.8. The van der Waals surface area contributed by atoms with E-state index in [-0.39, 0.29) is 11.7 Å². The number of hydrogen-bond donors (Lipinski definition) is 2. The Bertz CT molecular complexity index is 371. The number of rotatable bonds is 2. The third kappa shape index (κ3) is 2.05. The lowest BCUT2D eigenvalue weighted by Gasteiger charge is -2.21. The molecule has 0 radical (unpaired) electrons. The molecule has 0 aromatic carbocycles. The van der Waals surface area contributed by atoms with Crippen LogP contribution in [-0.2, 0) is 0 Å². The molecule has 1 aliphatic rings. The average Bonchev–Trinajstić information content (AvgIpc) is 2.61. The zero-order valence-corrected chi connectivity index (χ0v) is 9.58. The highest BCUT2D eigenvalue weighted by molar-refractivity contribution is 9.10. The van der Waals surface area contributed by atoms with Gasteiger partial charge in [-0.3, -0.25) is 0 Å². The molecular weight excluding hydrogens is 264 g/mol. The van der Waals surface area contributed by atoms with Crippen LogP contribution in [0.25, 0.3) is 0 Å². The zero-order chi connectivity index (χ0) is 10.8. The van der Waals surface area contributed by atoms with Crippen LogP contribution < -0.4 is 5.32 Å². The Hall–Kier alpha value is -0.880. The molecule has 6 heteroatoms. The number of carboxylic acids is 1. The maximum Gasteiger partial charge on any atom is 0.375 e. The molecule has 1 aromatic rings. The normalized spacial score (nSPS) is 21.5. The predicted octanol–water partition coefficient (Wildman–Crippen LogP) is 1.60. The molecule has 0 spiro atoms. The van der Waals surface area contributed by atoms with Gasteiger partial charge >= 0.3 is 5.97 Å². The molecule has 0 saturated carbocycles. The van der Waals surface area contributed by atoms with Gasteiger partial charge in [-0.1, -0.05) is 5.16 Å². The summed E-state index contributed by atoms with van der Waals surface area (Å²) in [6.07, 6.45) is 2.01. The van der Waals surface area contributed by atoms with Gasteiger partial charge in [0.25, 0.3) is 0 Å². The topological polar surface area (TPSA) is 75.4 Å². The fraction of sp³-hybridized carbons (Fsp3) is 0.556. The zero-order valence-electron chi connectivity index (χ0n) is 7.99. The molecule has 82 valence electrons. The van der Waals surface area contributed by atoms with Crippen LogP contribution in [-0.4, -0.2) is 29.3 Å². The molecule has 2 rings (SSSR count). The van der Waals surface area contributed by atoms with Gasteiger partial charge in [-0.15, -0.1) is 0 Å². The molecule has 15 heavy (non-hydrogen) atoms. The first kappa shape index (κ1) is 10.6. The molecule has 0 amide bonds. The van der Waals surface area contributed by atoms with Gasteiger partial charge in [0.15, 0.2) is 4.60 Å². The lowest BCUT2D eigenvalue weighted by molar-refractivity contribution is 0.0649.